The molecule has 0 aromatic heterocycles. The van der Waals surface area contributed by atoms with Crippen LogP contribution in [0.25, 0.3) is 0 Å². The molecule has 0 aliphatic carbocycles. The van der Waals surface area contributed by atoms with E-state index in [0.29, 0.717) is 0 Å². The molecule has 0 radical (unpaired) electrons. The predicted molar refractivity (Wildman–Crippen MR) is 70.2 cm³/mol. The second-order valence-corrected chi connectivity index (χ2v) is 4.57. The van der Waals surface area contributed by atoms with E-state index < -0.39 is 0 Å². The maximum Gasteiger partial charge on any atom is 0.236 e. The third kappa shape index (κ3) is 1.75. The van der Waals surface area contributed by atoms with Crippen molar-refractivity contribution in [2.75, 3.05) is 25.5 Å². The second kappa shape index (κ2) is 4.49. The summed E-state index contributed by atoms with van der Waals surface area (Å²) in [6.07, 6.45) is 0.937. The van der Waals surface area contributed by atoms with E-state index in [4.69, 9.17) is 0 Å². The Morgan fingerprint density at radius 1 is 1.29 bits per heavy atom. The summed E-state index contributed by atoms with van der Waals surface area (Å²) in [5, 5.41) is 2.99. The fraction of sp³-hybridized carbons (Fsp3) is 0.500. The average molecular weight is 232 g/mol. The Bertz CT molecular complexity index is 430. The van der Waals surface area contributed by atoms with Gasteiger partial charge in [-0.05, 0) is 31.6 Å². The average Bonchev–Trinajstić information content (AvgIpc) is 2.87. The van der Waals surface area contributed by atoms with Gasteiger partial charge < -0.3 is 10.2 Å². The summed E-state index contributed by atoms with van der Waals surface area (Å²) in [4.78, 5) is 14.3. The van der Waals surface area contributed by atoms with Crippen LogP contribution in [-0.2, 0) is 10.2 Å². The summed E-state index contributed by atoms with van der Waals surface area (Å²) >= 11 is 0. The van der Waals surface area contributed by atoms with E-state index in [0.717, 1.165) is 25.2 Å². The number of amides is 1. The highest BCUT2D eigenvalue weighted by molar-refractivity contribution is 6.06. The van der Waals surface area contributed by atoms with Crippen LogP contribution in [0, 0.1) is 0 Å². The first-order valence-electron chi connectivity index (χ1n) is 6.32. The third-order valence-electron chi connectivity index (χ3n) is 3.59. The Balaban J connectivity index is 0.000000514. The van der Waals surface area contributed by atoms with Crippen LogP contribution in [0.1, 0.15) is 25.8 Å². The maximum atomic E-state index is 12.1. The fourth-order valence-electron chi connectivity index (χ4n) is 2.78. The first kappa shape index (κ1) is 12.1. The van der Waals surface area contributed by atoms with E-state index in [2.05, 4.69) is 23.3 Å². The molecule has 1 atom stereocenters. The molecular weight excluding hydrogens is 212 g/mol. The lowest BCUT2D eigenvalue weighted by Gasteiger charge is -2.20. The van der Waals surface area contributed by atoms with Gasteiger partial charge in [-0.15, -0.1) is 0 Å². The highest BCUT2D eigenvalue weighted by Crippen LogP contribution is 2.43. The Kier molecular flexibility index (Phi) is 3.20. The van der Waals surface area contributed by atoms with Crippen molar-refractivity contribution in [1.82, 2.24) is 4.90 Å². The number of nitrogens with zero attached hydrogens (tertiary/aromatic N) is 1. The standard InChI is InChI=1S/C12H14N2O.C2H6/c1-14-7-6-12(8-14)9-4-2-3-5-10(9)13-11(12)15;1-2/h2-5H,6-8H2,1H3,(H,13,15);1-2H3. The smallest absolute Gasteiger partial charge is 0.236 e. The summed E-state index contributed by atoms with van der Waals surface area (Å²) in [6.45, 7) is 5.84. The molecule has 17 heavy (non-hydrogen) atoms. The van der Waals surface area contributed by atoms with Crippen molar-refractivity contribution in [2.24, 2.45) is 0 Å². The number of carbonyl (C=O) groups is 1. The Morgan fingerprint density at radius 2 is 2.00 bits per heavy atom. The van der Waals surface area contributed by atoms with Crippen molar-refractivity contribution in [3.8, 4) is 0 Å². The van der Waals surface area contributed by atoms with Gasteiger partial charge in [0.1, 0.15) is 0 Å². The van der Waals surface area contributed by atoms with E-state index in [1.165, 1.54) is 5.56 Å². The van der Waals surface area contributed by atoms with Crippen LogP contribution < -0.4 is 5.32 Å². The lowest BCUT2D eigenvalue weighted by Crippen LogP contribution is -2.36. The topological polar surface area (TPSA) is 32.3 Å². The zero-order valence-electron chi connectivity index (χ0n) is 10.8. The van der Waals surface area contributed by atoms with Gasteiger partial charge in [0.2, 0.25) is 5.91 Å². The van der Waals surface area contributed by atoms with Gasteiger partial charge in [0, 0.05) is 12.2 Å². The van der Waals surface area contributed by atoms with Crippen molar-refractivity contribution in [3.05, 3.63) is 29.8 Å². The number of rotatable bonds is 0. The van der Waals surface area contributed by atoms with Gasteiger partial charge in [0.05, 0.1) is 5.41 Å². The van der Waals surface area contributed by atoms with Crippen LogP contribution in [0.4, 0.5) is 5.69 Å². The van der Waals surface area contributed by atoms with Crippen molar-refractivity contribution in [3.63, 3.8) is 0 Å². The number of para-hydroxylation sites is 1. The van der Waals surface area contributed by atoms with Gasteiger partial charge in [-0.3, -0.25) is 4.79 Å². The van der Waals surface area contributed by atoms with Crippen molar-refractivity contribution in [1.29, 1.82) is 0 Å². The molecule has 1 aromatic carbocycles. The molecule has 1 aromatic rings. The van der Waals surface area contributed by atoms with Crippen LogP contribution in [0.5, 0.6) is 0 Å². The fourth-order valence-corrected chi connectivity index (χ4v) is 2.78. The molecule has 2 aliphatic rings. The number of nitrogens with one attached hydrogen (secondary N) is 1. The lowest BCUT2D eigenvalue weighted by atomic mass is 9.81. The number of hydrogen-bond acceptors (Lipinski definition) is 2. The molecule has 3 heteroatoms. The molecule has 1 spiro atoms. The van der Waals surface area contributed by atoms with Gasteiger partial charge in [0.15, 0.2) is 0 Å². The Hall–Kier alpha value is -1.35. The summed E-state index contributed by atoms with van der Waals surface area (Å²) in [7, 11) is 2.07. The van der Waals surface area contributed by atoms with Gasteiger partial charge in [-0.25, -0.2) is 0 Å². The molecule has 0 saturated carbocycles. The Labute approximate surface area is 103 Å². The zero-order valence-corrected chi connectivity index (χ0v) is 10.8. The van der Waals surface area contributed by atoms with E-state index in [9.17, 15) is 4.79 Å². The van der Waals surface area contributed by atoms with Gasteiger partial charge in [-0.2, -0.15) is 0 Å². The van der Waals surface area contributed by atoms with E-state index in [1.807, 2.05) is 32.0 Å². The summed E-state index contributed by atoms with van der Waals surface area (Å²) in [5.74, 6) is 0.174. The number of fused-ring (bicyclic) bond motifs is 2. The molecule has 3 nitrogen and oxygen atoms in total. The summed E-state index contributed by atoms with van der Waals surface area (Å²) in [6, 6.07) is 8.04. The van der Waals surface area contributed by atoms with Crippen molar-refractivity contribution in [2.45, 2.75) is 25.7 Å². The molecule has 2 aliphatic heterocycles. The van der Waals surface area contributed by atoms with Crippen LogP contribution in [0.2, 0.25) is 0 Å². The molecule has 0 bridgehead atoms. The molecule has 1 saturated heterocycles. The van der Waals surface area contributed by atoms with Gasteiger partial charge >= 0.3 is 0 Å². The van der Waals surface area contributed by atoms with Crippen LogP contribution in [0.15, 0.2) is 24.3 Å². The van der Waals surface area contributed by atoms with E-state index in [1.54, 1.807) is 0 Å². The van der Waals surface area contributed by atoms with Crippen LogP contribution in [-0.4, -0.2) is 30.9 Å². The van der Waals surface area contributed by atoms with Gasteiger partial charge in [0.25, 0.3) is 0 Å². The molecule has 2 heterocycles. The number of likely N-dealkylation sites (tertiary alicyclic amines) is 1. The summed E-state index contributed by atoms with van der Waals surface area (Å²) < 4.78 is 0. The molecule has 1 amide bonds. The minimum absolute atomic E-state index is 0.174. The van der Waals surface area contributed by atoms with E-state index in [-0.39, 0.29) is 11.3 Å². The maximum absolute atomic E-state index is 12.1. The van der Waals surface area contributed by atoms with Crippen LogP contribution in [0.3, 0.4) is 0 Å². The second-order valence-electron chi connectivity index (χ2n) is 4.57. The zero-order chi connectivity index (χ0) is 12.5. The largest absolute Gasteiger partial charge is 0.325 e. The van der Waals surface area contributed by atoms with Gasteiger partial charge in [-0.1, -0.05) is 32.0 Å². The SMILES string of the molecule is CC.CN1CCC2(C1)C(=O)Nc1ccccc12. The van der Waals surface area contributed by atoms with Crippen LogP contribution >= 0.6 is 0 Å². The molecule has 92 valence electrons. The number of benzene rings is 1. The monoisotopic (exact) mass is 232 g/mol. The quantitative estimate of drug-likeness (QED) is 0.744. The highest BCUT2D eigenvalue weighted by atomic mass is 16.2. The first-order valence-corrected chi connectivity index (χ1v) is 6.32. The van der Waals surface area contributed by atoms with E-state index >= 15 is 0 Å². The minimum atomic E-state index is -0.272. The highest BCUT2D eigenvalue weighted by Gasteiger charge is 2.49. The molecule has 3 rings (SSSR count). The van der Waals surface area contributed by atoms with Crippen molar-refractivity contribution >= 4 is 11.6 Å². The first-order chi connectivity index (χ1) is 8.22. The number of anilines is 1. The molecule has 1 fully saturated rings. The number of carbonyl (C=O) groups excluding carboxylic acids is 1. The molecule has 1 N–H and O–H groups in total. The Morgan fingerprint density at radius 3 is 2.65 bits per heavy atom. The molecule has 1 unspecified atom stereocenters. The number of hydrogen-bond donors (Lipinski definition) is 1. The normalized spacial score (nSPS) is 26.4. The third-order valence-corrected chi connectivity index (χ3v) is 3.59. The summed E-state index contributed by atoms with van der Waals surface area (Å²) in [5.41, 5.74) is 1.91. The van der Waals surface area contributed by atoms with Crippen molar-refractivity contribution < 1.29 is 4.79 Å². The lowest BCUT2D eigenvalue weighted by molar-refractivity contribution is -0.120. The molecular formula is C14H20N2O. The number of likely N-dealkylation sites (N-methyl/N-ethyl adjacent to an activating group) is 1. The minimum Gasteiger partial charge on any atom is -0.325 e. The predicted octanol–water partition coefficient (Wildman–Crippen LogP) is 2.24.